The molecule has 0 saturated heterocycles. The normalized spacial score (nSPS) is 6.83. The predicted octanol–water partition coefficient (Wildman–Crippen LogP) is -1.61. The monoisotopic (exact) mass is 87.0 g/mol. The molecule has 0 fully saturated rings. The highest BCUT2D eigenvalue weighted by molar-refractivity contribution is 5.67. The highest BCUT2D eigenvalue weighted by Gasteiger charge is 1.82. The van der Waals surface area contributed by atoms with E-state index in [2.05, 4.69) is 5.84 Å². The molecule has 0 bridgehead atoms. The smallest absolute Gasteiger partial charge is 0.277 e. The van der Waals surface area contributed by atoms with Gasteiger partial charge in [0.1, 0.15) is 0 Å². The molecule has 0 aliphatic carbocycles. The van der Waals surface area contributed by atoms with Crippen LogP contribution in [0, 0.1) is 0 Å². The Kier molecular flexibility index (Phi) is 1.99. The highest BCUT2D eigenvalue weighted by Crippen LogP contribution is 1.47. The number of rotatable bonds is 2. The minimum Gasteiger partial charge on any atom is -0.277 e. The fourth-order valence-electron chi connectivity index (χ4n) is 0.0215. The van der Waals surface area contributed by atoms with Crippen LogP contribution in [0.15, 0.2) is 0 Å². The minimum absolute atomic E-state index is 0.160. The first-order valence-corrected chi connectivity index (χ1v) is 1.18. The second-order valence-corrected chi connectivity index (χ2v) is 0.604. The second kappa shape index (κ2) is 2.34. The maximum Gasteiger partial charge on any atom is 0.334 e. The molecule has 0 aromatic carbocycles. The number of carbonyl (C=O) groups excluding carboxylic acids is 2. The van der Waals surface area contributed by atoms with Gasteiger partial charge in [-0.15, -0.1) is 0 Å². The van der Waals surface area contributed by atoms with Crippen molar-refractivity contribution in [3.8, 4) is 0 Å². The third-order valence-corrected chi connectivity index (χ3v) is 0.219. The third-order valence-electron chi connectivity index (χ3n) is 0.219. The summed E-state index contributed by atoms with van der Waals surface area (Å²) in [5.41, 5.74) is 0. The second-order valence-electron chi connectivity index (χ2n) is 0.604. The van der Waals surface area contributed by atoms with Crippen LogP contribution in [0.1, 0.15) is 0 Å². The summed E-state index contributed by atoms with van der Waals surface area (Å²) in [6.45, 7) is 0. The molecule has 0 aromatic heterocycles. The third kappa shape index (κ3) is 1.42. The number of nitrogens with zero attached hydrogens (tertiary/aromatic N) is 1. The van der Waals surface area contributed by atoms with E-state index in [1.807, 2.05) is 0 Å². The maximum absolute atomic E-state index is 9.27. The van der Waals surface area contributed by atoms with Crippen LogP contribution >= 0.6 is 0 Å². The van der Waals surface area contributed by atoms with Gasteiger partial charge >= 0.3 is 6.41 Å². The summed E-state index contributed by atoms with van der Waals surface area (Å²) >= 11 is 0. The summed E-state index contributed by atoms with van der Waals surface area (Å²) in [6.07, 6.45) is 1.27. The van der Waals surface area contributed by atoms with E-state index in [4.69, 9.17) is 0 Å². The number of carbonyl (C=O) groups is 1. The van der Waals surface area contributed by atoms with Crippen molar-refractivity contribution in [2.24, 2.45) is 5.84 Å². The van der Waals surface area contributed by atoms with Crippen molar-refractivity contribution >= 4 is 12.8 Å². The Hall–Kier alpha value is -0.900. The SMILES string of the molecule is NN([C]=O)C=O. The summed E-state index contributed by atoms with van der Waals surface area (Å²) in [5.74, 6) is 4.51. The quantitative estimate of drug-likeness (QED) is 0.145. The molecule has 4 nitrogen and oxygen atoms in total. The molecule has 0 aliphatic rings. The topological polar surface area (TPSA) is 63.4 Å². The lowest BCUT2D eigenvalue weighted by atomic mass is 11.1. The Labute approximate surface area is 34.5 Å². The van der Waals surface area contributed by atoms with Crippen molar-refractivity contribution in [1.29, 1.82) is 0 Å². The number of nitrogens with two attached hydrogens (primary N) is 1. The van der Waals surface area contributed by atoms with Gasteiger partial charge in [0.15, 0.2) is 0 Å². The molecule has 1 radical (unpaired) electrons. The molecule has 2 N–H and O–H groups in total. The number of amides is 2. The molecule has 0 aliphatic heterocycles. The summed E-state index contributed by atoms with van der Waals surface area (Å²) in [6, 6.07) is 0. The van der Waals surface area contributed by atoms with E-state index in [1.54, 1.807) is 0 Å². The lowest BCUT2D eigenvalue weighted by molar-refractivity contribution is -0.115. The van der Waals surface area contributed by atoms with E-state index in [1.165, 1.54) is 0 Å². The van der Waals surface area contributed by atoms with E-state index in [0.29, 0.717) is 0 Å². The minimum atomic E-state index is 0.160. The Bertz CT molecular complexity index is 54.6. The van der Waals surface area contributed by atoms with Gasteiger partial charge in [-0.25, -0.2) is 10.9 Å². The molecule has 0 atom stereocenters. The van der Waals surface area contributed by atoms with Crippen LogP contribution in [0.2, 0.25) is 0 Å². The summed E-state index contributed by atoms with van der Waals surface area (Å²) in [5, 5.41) is 0.264. The Morgan fingerprint density at radius 1 is 1.83 bits per heavy atom. The van der Waals surface area contributed by atoms with Gasteiger partial charge in [-0.1, -0.05) is 0 Å². The molecule has 2 amide bonds. The number of hydrogen-bond donors (Lipinski definition) is 1. The van der Waals surface area contributed by atoms with Gasteiger partial charge in [0.2, 0.25) is 6.41 Å². The van der Waals surface area contributed by atoms with Gasteiger partial charge < -0.3 is 0 Å². The largest absolute Gasteiger partial charge is 0.334 e. The average Bonchev–Trinajstić information content (AvgIpc) is 1.65. The van der Waals surface area contributed by atoms with Crippen LogP contribution < -0.4 is 5.84 Å². The molecule has 4 heteroatoms. The zero-order valence-corrected chi connectivity index (χ0v) is 2.92. The Morgan fingerprint density at radius 2 is 2.33 bits per heavy atom. The van der Waals surface area contributed by atoms with Crippen molar-refractivity contribution in [1.82, 2.24) is 5.01 Å². The zero-order chi connectivity index (χ0) is 4.99. The van der Waals surface area contributed by atoms with Crippen molar-refractivity contribution in [3.63, 3.8) is 0 Å². The molecular formula is C2H3N2O2. The van der Waals surface area contributed by atoms with Crippen LogP contribution in [-0.2, 0) is 9.59 Å². The molecular weight excluding hydrogens is 84.0 g/mol. The summed E-state index contributed by atoms with van der Waals surface area (Å²) in [4.78, 5) is 18.5. The first-order chi connectivity index (χ1) is 2.81. The molecule has 33 valence electrons. The van der Waals surface area contributed by atoms with Crippen LogP contribution in [0.5, 0.6) is 0 Å². The first-order valence-electron chi connectivity index (χ1n) is 1.18. The molecule has 0 heterocycles. The van der Waals surface area contributed by atoms with Crippen LogP contribution in [0.25, 0.3) is 0 Å². The Morgan fingerprint density at radius 3 is 2.33 bits per heavy atom. The van der Waals surface area contributed by atoms with Crippen molar-refractivity contribution < 1.29 is 9.59 Å². The van der Waals surface area contributed by atoms with Crippen molar-refractivity contribution in [2.75, 3.05) is 0 Å². The fraction of sp³-hybridized carbons (Fsp3) is 0. The van der Waals surface area contributed by atoms with Crippen molar-refractivity contribution in [2.45, 2.75) is 0 Å². The van der Waals surface area contributed by atoms with Crippen molar-refractivity contribution in [3.05, 3.63) is 0 Å². The number of hydrogen-bond acceptors (Lipinski definition) is 3. The molecule has 0 saturated carbocycles. The van der Waals surface area contributed by atoms with Gasteiger partial charge in [0.05, 0.1) is 0 Å². The molecule has 6 heavy (non-hydrogen) atoms. The predicted molar refractivity (Wildman–Crippen MR) is 17.8 cm³/mol. The van der Waals surface area contributed by atoms with E-state index >= 15 is 0 Å². The Balaban J connectivity index is 3.21. The molecule has 0 spiro atoms. The zero-order valence-electron chi connectivity index (χ0n) is 2.92. The first kappa shape index (κ1) is 5.10. The van der Waals surface area contributed by atoms with E-state index < -0.39 is 0 Å². The average molecular weight is 87.1 g/mol. The fourth-order valence-corrected chi connectivity index (χ4v) is 0.0215. The highest BCUT2D eigenvalue weighted by atomic mass is 16.2. The van der Waals surface area contributed by atoms with Gasteiger partial charge in [-0.3, -0.25) is 9.59 Å². The van der Waals surface area contributed by atoms with E-state index in [9.17, 15) is 9.59 Å². The molecule has 0 aromatic rings. The maximum atomic E-state index is 9.27. The van der Waals surface area contributed by atoms with E-state index in [-0.39, 0.29) is 11.4 Å². The van der Waals surface area contributed by atoms with Gasteiger partial charge in [0, 0.05) is 0 Å². The lowest BCUT2D eigenvalue weighted by Crippen LogP contribution is -2.26. The standard InChI is InChI=1S/C2H3N2O2/c3-4(1-5)2-6/h1H,3H2. The lowest BCUT2D eigenvalue weighted by Gasteiger charge is -1.89. The molecule has 0 unspecified atom stereocenters. The van der Waals surface area contributed by atoms with Gasteiger partial charge in [-0.2, -0.15) is 0 Å². The number of hydrazine groups is 1. The number of imide groups is 1. The van der Waals surface area contributed by atoms with Gasteiger partial charge in [0.25, 0.3) is 0 Å². The molecule has 0 rings (SSSR count). The van der Waals surface area contributed by atoms with Gasteiger partial charge in [-0.05, 0) is 0 Å². The van der Waals surface area contributed by atoms with Crippen LogP contribution in [-0.4, -0.2) is 17.8 Å². The van der Waals surface area contributed by atoms with Crippen LogP contribution in [0.4, 0.5) is 0 Å². The summed E-state index contributed by atoms with van der Waals surface area (Å²) < 4.78 is 0. The van der Waals surface area contributed by atoms with Crippen LogP contribution in [0.3, 0.4) is 0 Å². The summed E-state index contributed by atoms with van der Waals surface area (Å²) in [7, 11) is 0. The van der Waals surface area contributed by atoms with E-state index in [0.717, 1.165) is 6.41 Å².